The Morgan fingerprint density at radius 3 is 2.56 bits per heavy atom. The molecule has 0 bridgehead atoms. The smallest absolute Gasteiger partial charge is 0.341 e. The molecule has 4 rings (SSSR count). The van der Waals surface area contributed by atoms with Gasteiger partial charge in [0.15, 0.2) is 5.60 Å². The van der Waals surface area contributed by atoms with E-state index in [9.17, 15) is 19.8 Å². The summed E-state index contributed by atoms with van der Waals surface area (Å²) in [7, 11) is 0. The zero-order chi connectivity index (χ0) is 19.9. The van der Waals surface area contributed by atoms with Gasteiger partial charge >= 0.3 is 11.9 Å². The molecule has 0 spiro atoms. The molecule has 4 aliphatic rings. The molecule has 2 saturated carbocycles. The van der Waals surface area contributed by atoms with Crippen LogP contribution in [0.3, 0.4) is 0 Å². The minimum absolute atomic E-state index is 0.163. The second-order valence-electron chi connectivity index (χ2n) is 8.73. The van der Waals surface area contributed by atoms with Crippen LogP contribution in [-0.2, 0) is 23.8 Å². The van der Waals surface area contributed by atoms with Crippen molar-refractivity contribution in [3.8, 4) is 0 Å². The first kappa shape index (κ1) is 18.7. The largest absolute Gasteiger partial charge is 0.459 e. The summed E-state index contributed by atoms with van der Waals surface area (Å²) >= 11 is 0. The lowest BCUT2D eigenvalue weighted by Gasteiger charge is -2.59. The van der Waals surface area contributed by atoms with Crippen LogP contribution < -0.4 is 0 Å². The van der Waals surface area contributed by atoms with E-state index in [0.29, 0.717) is 18.4 Å². The van der Waals surface area contributed by atoms with Gasteiger partial charge < -0.3 is 24.4 Å². The first-order chi connectivity index (χ1) is 12.5. The summed E-state index contributed by atoms with van der Waals surface area (Å²) < 4.78 is 16.6. The van der Waals surface area contributed by atoms with Gasteiger partial charge in [-0.25, -0.2) is 9.59 Å². The van der Waals surface area contributed by atoms with Crippen molar-refractivity contribution in [2.45, 2.75) is 75.7 Å². The monoisotopic (exact) mass is 378 g/mol. The standard InChI is InChI=1S/C20H26O7/c1-9-6-7-13(21)18(4)8-12(25-17(23)19(5)11(3)27-19)14-10(2)16(22)26-15(14)20(9,18)24/h11-15,21,24H,1-2,6-8H2,3-5H3/t11-,12+,13+,14-,15-,18-,19-,20-/m0/s1. The van der Waals surface area contributed by atoms with Gasteiger partial charge in [-0.05, 0) is 38.7 Å². The van der Waals surface area contributed by atoms with Gasteiger partial charge in [0, 0.05) is 11.0 Å². The number of ether oxygens (including phenoxy) is 3. The summed E-state index contributed by atoms with van der Waals surface area (Å²) in [5, 5.41) is 22.4. The highest BCUT2D eigenvalue weighted by Gasteiger charge is 2.71. The molecule has 4 fully saturated rings. The predicted molar refractivity (Wildman–Crippen MR) is 93.4 cm³/mol. The average molecular weight is 378 g/mol. The van der Waals surface area contributed by atoms with Gasteiger partial charge in [0.05, 0.1) is 18.1 Å². The molecule has 2 aliphatic heterocycles. The van der Waals surface area contributed by atoms with Gasteiger partial charge in [-0.2, -0.15) is 0 Å². The minimum Gasteiger partial charge on any atom is -0.459 e. The number of epoxide rings is 1. The fraction of sp³-hybridized carbons (Fsp3) is 0.700. The Kier molecular flexibility index (Phi) is 3.75. The molecule has 0 aromatic carbocycles. The second-order valence-corrected chi connectivity index (χ2v) is 8.73. The maximum absolute atomic E-state index is 12.6. The Balaban J connectivity index is 1.73. The molecule has 2 N–H and O–H groups in total. The van der Waals surface area contributed by atoms with E-state index in [1.165, 1.54) is 0 Å². The lowest BCUT2D eigenvalue weighted by Crippen LogP contribution is -2.70. The van der Waals surface area contributed by atoms with Crippen molar-refractivity contribution >= 4 is 11.9 Å². The van der Waals surface area contributed by atoms with E-state index < -0.39 is 52.8 Å². The van der Waals surface area contributed by atoms with Crippen LogP contribution in [-0.4, -0.2) is 57.8 Å². The Labute approximate surface area is 158 Å². The maximum Gasteiger partial charge on any atom is 0.341 e. The fourth-order valence-corrected chi connectivity index (χ4v) is 5.10. The van der Waals surface area contributed by atoms with E-state index in [1.807, 2.05) is 0 Å². The van der Waals surface area contributed by atoms with Crippen LogP contribution in [0.1, 0.15) is 40.0 Å². The average Bonchev–Trinajstić information content (AvgIpc) is 3.11. The van der Waals surface area contributed by atoms with E-state index in [0.717, 1.165) is 0 Å². The number of hydrogen-bond acceptors (Lipinski definition) is 7. The zero-order valence-electron chi connectivity index (χ0n) is 15.9. The second kappa shape index (κ2) is 5.43. The molecule has 8 atom stereocenters. The molecular weight excluding hydrogens is 352 g/mol. The van der Waals surface area contributed by atoms with E-state index in [-0.39, 0.29) is 18.1 Å². The van der Waals surface area contributed by atoms with Gasteiger partial charge in [-0.1, -0.05) is 20.1 Å². The molecule has 7 nitrogen and oxygen atoms in total. The molecule has 0 aromatic rings. The van der Waals surface area contributed by atoms with Gasteiger partial charge in [-0.15, -0.1) is 0 Å². The van der Waals surface area contributed by atoms with E-state index >= 15 is 0 Å². The van der Waals surface area contributed by atoms with Crippen LogP contribution in [0.5, 0.6) is 0 Å². The number of carbonyl (C=O) groups excluding carboxylic acids is 2. The van der Waals surface area contributed by atoms with Gasteiger partial charge in [-0.3, -0.25) is 0 Å². The third-order valence-electron chi connectivity index (χ3n) is 7.33. The number of fused-ring (bicyclic) bond motifs is 3. The Hall–Kier alpha value is -1.70. The number of aliphatic hydroxyl groups excluding tert-OH is 1. The molecule has 0 amide bonds. The molecule has 27 heavy (non-hydrogen) atoms. The Morgan fingerprint density at radius 2 is 1.96 bits per heavy atom. The van der Waals surface area contributed by atoms with Crippen LogP contribution in [0.2, 0.25) is 0 Å². The highest BCUT2D eigenvalue weighted by Crippen LogP contribution is 2.60. The van der Waals surface area contributed by atoms with Crippen LogP contribution >= 0.6 is 0 Å². The molecule has 7 heteroatoms. The van der Waals surface area contributed by atoms with E-state index in [2.05, 4.69) is 13.2 Å². The molecule has 2 heterocycles. The fourth-order valence-electron chi connectivity index (χ4n) is 5.10. The molecule has 0 aromatic heterocycles. The number of rotatable bonds is 2. The van der Waals surface area contributed by atoms with Gasteiger partial charge in [0.2, 0.25) is 0 Å². The summed E-state index contributed by atoms with van der Waals surface area (Å²) in [5.41, 5.74) is -3.01. The maximum atomic E-state index is 12.6. The third-order valence-corrected chi connectivity index (χ3v) is 7.33. The normalized spacial score (nSPS) is 51.3. The first-order valence-electron chi connectivity index (χ1n) is 9.34. The van der Waals surface area contributed by atoms with Crippen molar-refractivity contribution in [2.24, 2.45) is 11.3 Å². The van der Waals surface area contributed by atoms with Gasteiger partial charge in [0.1, 0.15) is 17.8 Å². The number of hydrogen-bond donors (Lipinski definition) is 2. The molecule has 2 saturated heterocycles. The van der Waals surface area contributed by atoms with Crippen LogP contribution in [0, 0.1) is 11.3 Å². The van der Waals surface area contributed by atoms with Crippen LogP contribution in [0.25, 0.3) is 0 Å². The topological polar surface area (TPSA) is 106 Å². The molecule has 2 aliphatic carbocycles. The lowest BCUT2D eigenvalue weighted by atomic mass is 9.50. The summed E-state index contributed by atoms with van der Waals surface area (Å²) in [6.07, 6.45) is -1.84. The Bertz CT molecular complexity index is 759. The van der Waals surface area contributed by atoms with Crippen molar-refractivity contribution in [1.82, 2.24) is 0 Å². The van der Waals surface area contributed by atoms with Crippen molar-refractivity contribution in [3.63, 3.8) is 0 Å². The third kappa shape index (κ3) is 2.19. The van der Waals surface area contributed by atoms with Crippen molar-refractivity contribution < 1.29 is 34.0 Å². The quantitative estimate of drug-likeness (QED) is 0.320. The summed E-state index contributed by atoms with van der Waals surface area (Å²) in [4.78, 5) is 24.9. The SMILES string of the molecule is C=C1C(=O)O[C@H]2[C@@H]1[C@H](OC(=O)[C@@]1(C)O[C@H]1C)C[C@@]1(C)[C@H](O)CCC(=C)[C@]21O. The van der Waals surface area contributed by atoms with Crippen LogP contribution in [0.4, 0.5) is 0 Å². The molecule has 0 radical (unpaired) electrons. The van der Waals surface area contributed by atoms with Crippen molar-refractivity contribution in [1.29, 1.82) is 0 Å². The summed E-state index contributed by atoms with van der Waals surface area (Å²) in [5.74, 6) is -1.85. The number of esters is 2. The van der Waals surface area contributed by atoms with E-state index in [4.69, 9.17) is 14.2 Å². The lowest BCUT2D eigenvalue weighted by molar-refractivity contribution is -0.239. The van der Waals surface area contributed by atoms with Crippen molar-refractivity contribution in [2.75, 3.05) is 0 Å². The van der Waals surface area contributed by atoms with E-state index in [1.54, 1.807) is 20.8 Å². The molecule has 148 valence electrons. The highest BCUT2D eigenvalue weighted by atomic mass is 16.7. The van der Waals surface area contributed by atoms with Gasteiger partial charge in [0.25, 0.3) is 0 Å². The first-order valence-corrected chi connectivity index (χ1v) is 9.34. The number of aliphatic hydroxyl groups is 2. The summed E-state index contributed by atoms with van der Waals surface area (Å²) in [6, 6.07) is 0. The zero-order valence-corrected chi connectivity index (χ0v) is 15.9. The number of carbonyl (C=O) groups is 2. The molecule has 0 unspecified atom stereocenters. The summed E-state index contributed by atoms with van der Waals surface area (Å²) in [6.45, 7) is 13.0. The molecular formula is C20H26O7. The minimum atomic E-state index is -1.61. The highest BCUT2D eigenvalue weighted by molar-refractivity contribution is 5.91. The predicted octanol–water partition coefficient (Wildman–Crippen LogP) is 1.03. The Morgan fingerprint density at radius 1 is 1.33 bits per heavy atom. The van der Waals surface area contributed by atoms with Crippen molar-refractivity contribution in [3.05, 3.63) is 24.3 Å². The van der Waals surface area contributed by atoms with Crippen LogP contribution in [0.15, 0.2) is 24.3 Å².